The van der Waals surface area contributed by atoms with Crippen LogP contribution in [0.3, 0.4) is 0 Å². The Labute approximate surface area is 118 Å². The zero-order valence-electron chi connectivity index (χ0n) is 10.9. The molecule has 3 rings (SSSR count). The van der Waals surface area contributed by atoms with Crippen molar-refractivity contribution in [3.8, 4) is 11.7 Å². The normalized spacial score (nSPS) is 12.7. The SMILES string of the molecule is CCc1noc(C(C)Sc2nnc(-c3ccco3)o2)n1. The molecule has 0 N–H and O–H groups in total. The summed E-state index contributed by atoms with van der Waals surface area (Å²) in [6.45, 7) is 3.91. The van der Waals surface area contributed by atoms with Crippen molar-refractivity contribution >= 4 is 11.8 Å². The van der Waals surface area contributed by atoms with Gasteiger partial charge in [0.05, 0.1) is 11.5 Å². The third-order valence-corrected chi connectivity index (χ3v) is 3.49. The third kappa shape index (κ3) is 2.60. The molecule has 0 saturated carbocycles. The van der Waals surface area contributed by atoms with Crippen LogP contribution in [0.1, 0.15) is 30.8 Å². The fraction of sp³-hybridized carbons (Fsp3) is 0.333. The second-order valence-corrected chi connectivity index (χ2v) is 5.30. The van der Waals surface area contributed by atoms with Gasteiger partial charge in [0.25, 0.3) is 11.1 Å². The molecular formula is C12H12N4O3S. The van der Waals surface area contributed by atoms with Gasteiger partial charge in [0, 0.05) is 6.42 Å². The van der Waals surface area contributed by atoms with Crippen molar-refractivity contribution in [1.29, 1.82) is 0 Å². The van der Waals surface area contributed by atoms with Gasteiger partial charge >= 0.3 is 0 Å². The molecular weight excluding hydrogens is 280 g/mol. The van der Waals surface area contributed by atoms with Gasteiger partial charge in [-0.25, -0.2) is 0 Å². The van der Waals surface area contributed by atoms with Gasteiger partial charge in [-0.15, -0.1) is 10.2 Å². The number of furan rings is 1. The van der Waals surface area contributed by atoms with Crippen LogP contribution < -0.4 is 0 Å². The van der Waals surface area contributed by atoms with Crippen molar-refractivity contribution in [3.63, 3.8) is 0 Å². The van der Waals surface area contributed by atoms with Crippen molar-refractivity contribution in [2.45, 2.75) is 30.7 Å². The van der Waals surface area contributed by atoms with Crippen LogP contribution >= 0.6 is 11.8 Å². The summed E-state index contributed by atoms with van der Waals surface area (Å²) < 4.78 is 15.9. The third-order valence-electron chi connectivity index (χ3n) is 2.56. The second kappa shape index (κ2) is 5.49. The lowest BCUT2D eigenvalue weighted by Gasteiger charge is -2.00. The molecule has 0 amide bonds. The molecule has 1 unspecified atom stereocenters. The maximum absolute atomic E-state index is 5.51. The van der Waals surface area contributed by atoms with E-state index in [0.717, 1.165) is 6.42 Å². The van der Waals surface area contributed by atoms with E-state index in [1.807, 2.05) is 13.8 Å². The molecule has 104 valence electrons. The average molecular weight is 292 g/mol. The highest BCUT2D eigenvalue weighted by Gasteiger charge is 2.19. The number of aryl methyl sites for hydroxylation is 1. The van der Waals surface area contributed by atoms with E-state index in [9.17, 15) is 0 Å². The Morgan fingerprint density at radius 2 is 2.25 bits per heavy atom. The van der Waals surface area contributed by atoms with Crippen LogP contribution in [0.15, 0.2) is 37.0 Å². The molecule has 0 aromatic carbocycles. The van der Waals surface area contributed by atoms with Gasteiger partial charge in [0.2, 0.25) is 5.89 Å². The molecule has 3 aromatic heterocycles. The van der Waals surface area contributed by atoms with Gasteiger partial charge < -0.3 is 13.4 Å². The summed E-state index contributed by atoms with van der Waals surface area (Å²) in [5.74, 6) is 2.13. The predicted octanol–water partition coefficient (Wildman–Crippen LogP) is 3.13. The van der Waals surface area contributed by atoms with Crippen LogP contribution in [0.5, 0.6) is 0 Å². The molecule has 0 aliphatic rings. The first-order valence-corrected chi connectivity index (χ1v) is 7.00. The fourth-order valence-corrected chi connectivity index (χ4v) is 2.25. The van der Waals surface area contributed by atoms with Crippen LogP contribution in [0.2, 0.25) is 0 Å². The summed E-state index contributed by atoms with van der Waals surface area (Å²) in [6, 6.07) is 3.52. The number of aromatic nitrogens is 4. The number of rotatable bonds is 5. The topological polar surface area (TPSA) is 91.0 Å². The van der Waals surface area contributed by atoms with Gasteiger partial charge in [-0.3, -0.25) is 0 Å². The Bertz CT molecular complexity index is 677. The van der Waals surface area contributed by atoms with E-state index in [1.54, 1.807) is 18.4 Å². The average Bonchev–Trinajstić information content (AvgIpc) is 3.19. The molecule has 0 fully saturated rings. The monoisotopic (exact) mass is 292 g/mol. The molecule has 20 heavy (non-hydrogen) atoms. The van der Waals surface area contributed by atoms with E-state index in [1.165, 1.54) is 11.8 Å². The summed E-state index contributed by atoms with van der Waals surface area (Å²) in [5.41, 5.74) is 0. The maximum Gasteiger partial charge on any atom is 0.284 e. The van der Waals surface area contributed by atoms with Crippen LogP contribution in [0, 0.1) is 0 Å². The smallest absolute Gasteiger partial charge is 0.284 e. The highest BCUT2D eigenvalue weighted by molar-refractivity contribution is 7.99. The van der Waals surface area contributed by atoms with E-state index in [0.29, 0.717) is 28.6 Å². The quantitative estimate of drug-likeness (QED) is 0.662. The van der Waals surface area contributed by atoms with Crippen molar-refractivity contribution in [3.05, 3.63) is 30.1 Å². The van der Waals surface area contributed by atoms with Gasteiger partial charge in [0.15, 0.2) is 11.6 Å². The van der Waals surface area contributed by atoms with Crippen LogP contribution in [-0.2, 0) is 6.42 Å². The lowest BCUT2D eigenvalue weighted by Crippen LogP contribution is -1.90. The van der Waals surface area contributed by atoms with E-state index >= 15 is 0 Å². The number of thioether (sulfide) groups is 1. The van der Waals surface area contributed by atoms with Crippen molar-refractivity contribution in [2.24, 2.45) is 0 Å². The molecule has 7 nitrogen and oxygen atoms in total. The Kier molecular flexibility index (Phi) is 3.55. The van der Waals surface area contributed by atoms with Gasteiger partial charge in [-0.2, -0.15) is 4.98 Å². The van der Waals surface area contributed by atoms with Crippen LogP contribution in [-0.4, -0.2) is 20.3 Å². The molecule has 8 heteroatoms. The summed E-state index contributed by atoms with van der Waals surface area (Å²) in [4.78, 5) is 4.27. The summed E-state index contributed by atoms with van der Waals surface area (Å²) in [5, 5.41) is 12.1. The number of nitrogens with zero attached hydrogens (tertiary/aromatic N) is 4. The molecule has 3 aromatic rings. The van der Waals surface area contributed by atoms with Crippen molar-refractivity contribution < 1.29 is 13.4 Å². The molecule has 0 spiro atoms. The molecule has 0 saturated heterocycles. The van der Waals surface area contributed by atoms with E-state index in [2.05, 4.69) is 20.3 Å². The molecule has 0 aliphatic heterocycles. The minimum Gasteiger partial charge on any atom is -0.459 e. The van der Waals surface area contributed by atoms with E-state index < -0.39 is 0 Å². The zero-order valence-corrected chi connectivity index (χ0v) is 11.8. The molecule has 0 bridgehead atoms. The number of hydrogen-bond acceptors (Lipinski definition) is 8. The zero-order chi connectivity index (χ0) is 13.9. The van der Waals surface area contributed by atoms with Crippen LogP contribution in [0.4, 0.5) is 0 Å². The first-order valence-electron chi connectivity index (χ1n) is 6.12. The predicted molar refractivity (Wildman–Crippen MR) is 69.9 cm³/mol. The Hall–Kier alpha value is -2.09. The molecule has 0 radical (unpaired) electrons. The van der Waals surface area contributed by atoms with E-state index in [-0.39, 0.29) is 5.25 Å². The minimum atomic E-state index is -0.0623. The fourth-order valence-electron chi connectivity index (χ4n) is 1.54. The molecule has 1 atom stereocenters. The first kappa shape index (κ1) is 12.9. The summed E-state index contributed by atoms with van der Waals surface area (Å²) in [6.07, 6.45) is 2.30. The lowest BCUT2D eigenvalue weighted by atomic mass is 10.4. The molecule has 3 heterocycles. The maximum atomic E-state index is 5.51. The van der Waals surface area contributed by atoms with Crippen LogP contribution in [0.25, 0.3) is 11.7 Å². The Morgan fingerprint density at radius 3 is 2.95 bits per heavy atom. The lowest BCUT2D eigenvalue weighted by molar-refractivity contribution is 0.374. The highest BCUT2D eigenvalue weighted by Crippen LogP contribution is 2.34. The van der Waals surface area contributed by atoms with Gasteiger partial charge in [0.1, 0.15) is 0 Å². The van der Waals surface area contributed by atoms with Crippen molar-refractivity contribution in [1.82, 2.24) is 20.3 Å². The summed E-state index contributed by atoms with van der Waals surface area (Å²) in [7, 11) is 0. The molecule has 0 aliphatic carbocycles. The Morgan fingerprint density at radius 1 is 1.35 bits per heavy atom. The largest absolute Gasteiger partial charge is 0.459 e. The Balaban J connectivity index is 1.71. The van der Waals surface area contributed by atoms with Crippen molar-refractivity contribution in [2.75, 3.05) is 0 Å². The highest BCUT2D eigenvalue weighted by atomic mass is 32.2. The second-order valence-electron chi connectivity index (χ2n) is 4.01. The number of hydrogen-bond donors (Lipinski definition) is 0. The van der Waals surface area contributed by atoms with Gasteiger partial charge in [-0.1, -0.05) is 23.8 Å². The van der Waals surface area contributed by atoms with Gasteiger partial charge in [-0.05, 0) is 19.1 Å². The minimum absolute atomic E-state index is 0.0623. The van der Waals surface area contributed by atoms with E-state index in [4.69, 9.17) is 13.4 Å². The standard InChI is InChI=1S/C12H12N4O3S/c1-3-9-13-10(19-16-9)7(2)20-12-15-14-11(18-12)8-5-4-6-17-8/h4-7H,3H2,1-2H3. The summed E-state index contributed by atoms with van der Waals surface area (Å²) >= 11 is 1.36. The first-order chi connectivity index (χ1) is 9.76.